The molecule has 0 aliphatic rings. The first kappa shape index (κ1) is 17.6. The van der Waals surface area contributed by atoms with Crippen LogP contribution >= 0.6 is 0 Å². The molecule has 3 N–H and O–H groups in total. The van der Waals surface area contributed by atoms with Crippen LogP contribution in [0, 0.1) is 13.8 Å². The fraction of sp³-hybridized carbons (Fsp3) is 0.222. The molecular weight excluding hydrogens is 334 g/mol. The lowest BCUT2D eigenvalue weighted by Gasteiger charge is -2.05. The minimum Gasteiger partial charge on any atom is -0.350 e. The van der Waals surface area contributed by atoms with Gasteiger partial charge in [0.05, 0.1) is 0 Å². The van der Waals surface area contributed by atoms with Crippen LogP contribution in [0.5, 0.6) is 0 Å². The van der Waals surface area contributed by atoms with Crippen molar-refractivity contribution >= 4 is 17.5 Å². The highest BCUT2D eigenvalue weighted by Crippen LogP contribution is 2.09. The summed E-state index contributed by atoms with van der Waals surface area (Å²) in [4.78, 5) is 27.9. The number of hydroxylamine groups is 1. The average Bonchev–Trinajstić information content (AvgIpc) is 3.06. The van der Waals surface area contributed by atoms with E-state index in [2.05, 4.69) is 15.4 Å². The zero-order valence-electron chi connectivity index (χ0n) is 14.5. The molecular formula is C18H19N5O3. The number of hydrogen-bond acceptors (Lipinski definition) is 5. The second-order valence-electron chi connectivity index (χ2n) is 5.98. The quantitative estimate of drug-likeness (QED) is 0.475. The Kier molecular flexibility index (Phi) is 4.94. The second-order valence-corrected chi connectivity index (χ2v) is 5.98. The Labute approximate surface area is 149 Å². The van der Waals surface area contributed by atoms with Crippen molar-refractivity contribution in [3.8, 4) is 0 Å². The molecule has 8 nitrogen and oxygen atoms in total. The van der Waals surface area contributed by atoms with E-state index in [9.17, 15) is 9.59 Å². The van der Waals surface area contributed by atoms with Gasteiger partial charge in [0.25, 0.3) is 11.8 Å². The van der Waals surface area contributed by atoms with Crippen molar-refractivity contribution in [2.75, 3.05) is 6.54 Å². The number of rotatable bonds is 5. The van der Waals surface area contributed by atoms with Gasteiger partial charge in [-0.3, -0.25) is 14.8 Å². The number of nitrogens with zero attached hydrogens (tertiary/aromatic N) is 3. The highest BCUT2D eigenvalue weighted by Gasteiger charge is 2.12. The number of nitrogens with one attached hydrogen (secondary N) is 2. The fourth-order valence-electron chi connectivity index (χ4n) is 2.70. The third-order valence-corrected chi connectivity index (χ3v) is 3.98. The Morgan fingerprint density at radius 3 is 2.54 bits per heavy atom. The average molecular weight is 353 g/mol. The van der Waals surface area contributed by atoms with E-state index in [-0.39, 0.29) is 5.91 Å². The molecule has 1 aromatic carbocycles. The summed E-state index contributed by atoms with van der Waals surface area (Å²) in [6.45, 7) is 4.25. The molecule has 2 aromatic heterocycles. The first-order valence-corrected chi connectivity index (χ1v) is 8.13. The molecule has 0 fully saturated rings. The van der Waals surface area contributed by atoms with Gasteiger partial charge in [0.1, 0.15) is 0 Å². The van der Waals surface area contributed by atoms with Crippen LogP contribution in [-0.2, 0) is 6.42 Å². The number of carbonyl (C=O) groups excluding carboxylic acids is 2. The maximum absolute atomic E-state index is 12.3. The van der Waals surface area contributed by atoms with Crippen molar-refractivity contribution < 1.29 is 14.8 Å². The van der Waals surface area contributed by atoms with Crippen LogP contribution in [-0.4, -0.2) is 38.2 Å². The first-order chi connectivity index (χ1) is 12.5. The van der Waals surface area contributed by atoms with Crippen LogP contribution in [0.25, 0.3) is 5.65 Å². The van der Waals surface area contributed by atoms with Gasteiger partial charge in [0, 0.05) is 29.6 Å². The van der Waals surface area contributed by atoms with Crippen molar-refractivity contribution in [3.63, 3.8) is 0 Å². The molecule has 0 spiro atoms. The van der Waals surface area contributed by atoms with E-state index in [4.69, 9.17) is 5.21 Å². The van der Waals surface area contributed by atoms with Crippen molar-refractivity contribution in [1.29, 1.82) is 0 Å². The van der Waals surface area contributed by atoms with Gasteiger partial charge in [0.2, 0.25) is 0 Å². The largest absolute Gasteiger partial charge is 0.350 e. The third kappa shape index (κ3) is 3.70. The first-order valence-electron chi connectivity index (χ1n) is 8.13. The number of fused-ring (bicyclic) bond motifs is 1. The van der Waals surface area contributed by atoms with Crippen LogP contribution in [0.3, 0.4) is 0 Å². The summed E-state index contributed by atoms with van der Waals surface area (Å²) >= 11 is 0. The minimum atomic E-state index is -0.559. The molecule has 0 atom stereocenters. The zero-order chi connectivity index (χ0) is 18.7. The summed E-state index contributed by atoms with van der Waals surface area (Å²) in [5.41, 5.74) is 5.67. The molecule has 26 heavy (non-hydrogen) atoms. The topological polar surface area (TPSA) is 109 Å². The van der Waals surface area contributed by atoms with Gasteiger partial charge in [0.15, 0.2) is 11.3 Å². The number of carbonyl (C=O) groups is 2. The number of benzene rings is 1. The summed E-state index contributed by atoms with van der Waals surface area (Å²) < 4.78 is 1.65. The number of aromatic nitrogens is 3. The number of amides is 2. The molecule has 0 bridgehead atoms. The zero-order valence-corrected chi connectivity index (χ0v) is 14.5. The molecule has 0 radical (unpaired) electrons. The van der Waals surface area contributed by atoms with Gasteiger partial charge in [-0.25, -0.2) is 15.0 Å². The van der Waals surface area contributed by atoms with Crippen LogP contribution in [0.2, 0.25) is 0 Å². The third-order valence-electron chi connectivity index (χ3n) is 3.98. The van der Waals surface area contributed by atoms with E-state index in [1.807, 2.05) is 19.9 Å². The van der Waals surface area contributed by atoms with E-state index in [0.717, 1.165) is 17.0 Å². The van der Waals surface area contributed by atoms with Crippen molar-refractivity contribution in [1.82, 2.24) is 25.4 Å². The van der Waals surface area contributed by atoms with Gasteiger partial charge >= 0.3 is 0 Å². The van der Waals surface area contributed by atoms with Crippen molar-refractivity contribution in [2.24, 2.45) is 0 Å². The van der Waals surface area contributed by atoms with E-state index in [1.54, 1.807) is 40.3 Å². The number of aryl methyl sites for hydroxylation is 2. The van der Waals surface area contributed by atoms with Crippen molar-refractivity contribution in [2.45, 2.75) is 20.3 Å². The monoisotopic (exact) mass is 353 g/mol. The molecule has 0 saturated carbocycles. The summed E-state index contributed by atoms with van der Waals surface area (Å²) in [5, 5.41) is 15.7. The van der Waals surface area contributed by atoms with Crippen molar-refractivity contribution in [3.05, 3.63) is 64.6 Å². The van der Waals surface area contributed by atoms with Gasteiger partial charge in [-0.15, -0.1) is 0 Å². The van der Waals surface area contributed by atoms with E-state index in [0.29, 0.717) is 29.9 Å². The van der Waals surface area contributed by atoms with Gasteiger partial charge in [-0.1, -0.05) is 12.1 Å². The van der Waals surface area contributed by atoms with Gasteiger partial charge in [-0.2, -0.15) is 5.10 Å². The summed E-state index contributed by atoms with van der Waals surface area (Å²) in [5.74, 6) is -0.820. The number of hydrogen-bond donors (Lipinski definition) is 3. The Morgan fingerprint density at radius 2 is 1.85 bits per heavy atom. The Bertz CT molecular complexity index is 963. The van der Waals surface area contributed by atoms with Crippen LogP contribution in [0.4, 0.5) is 0 Å². The Morgan fingerprint density at radius 1 is 1.12 bits per heavy atom. The molecule has 0 aliphatic heterocycles. The standard InChI is InChI=1S/C18H19N5O3/c1-11-9-12(2)23-16(20-11)10-15(21-23)18(25)19-8-7-13-3-5-14(6-4-13)17(24)22-26/h3-6,9-10,26H,7-8H2,1-2H3,(H,19,25)(H,22,24). The van der Waals surface area contributed by atoms with Crippen LogP contribution in [0.1, 0.15) is 37.8 Å². The Hall–Kier alpha value is -3.26. The normalized spacial score (nSPS) is 10.7. The molecule has 3 aromatic rings. The SMILES string of the molecule is Cc1cc(C)n2nc(C(=O)NCCc3ccc(C(=O)NO)cc3)cc2n1. The molecule has 2 heterocycles. The lowest BCUT2D eigenvalue weighted by atomic mass is 10.1. The molecule has 8 heteroatoms. The van der Waals surface area contributed by atoms with E-state index < -0.39 is 5.91 Å². The lowest BCUT2D eigenvalue weighted by molar-refractivity contribution is 0.0706. The highest BCUT2D eigenvalue weighted by atomic mass is 16.5. The summed E-state index contributed by atoms with van der Waals surface area (Å²) in [6.07, 6.45) is 0.608. The van der Waals surface area contributed by atoms with Crippen LogP contribution < -0.4 is 10.8 Å². The fourth-order valence-corrected chi connectivity index (χ4v) is 2.70. The molecule has 134 valence electrons. The van der Waals surface area contributed by atoms with Crippen LogP contribution in [0.15, 0.2) is 36.4 Å². The molecule has 0 aliphatic carbocycles. The molecule has 3 rings (SSSR count). The smallest absolute Gasteiger partial charge is 0.274 e. The summed E-state index contributed by atoms with van der Waals surface area (Å²) in [7, 11) is 0. The maximum atomic E-state index is 12.3. The molecule has 0 saturated heterocycles. The summed E-state index contributed by atoms with van der Waals surface area (Å²) in [6, 6.07) is 10.3. The predicted molar refractivity (Wildman–Crippen MR) is 94.2 cm³/mol. The highest BCUT2D eigenvalue weighted by molar-refractivity contribution is 5.93. The minimum absolute atomic E-state index is 0.260. The van der Waals surface area contributed by atoms with E-state index in [1.165, 1.54) is 0 Å². The second kappa shape index (κ2) is 7.32. The maximum Gasteiger partial charge on any atom is 0.274 e. The predicted octanol–water partition coefficient (Wildman–Crippen LogP) is 1.44. The molecule has 0 unspecified atom stereocenters. The van der Waals surface area contributed by atoms with Gasteiger partial charge in [-0.05, 0) is 44.0 Å². The lowest BCUT2D eigenvalue weighted by Crippen LogP contribution is -2.26. The van der Waals surface area contributed by atoms with Gasteiger partial charge < -0.3 is 5.32 Å². The Balaban J connectivity index is 1.60. The molecule has 2 amide bonds. The van der Waals surface area contributed by atoms with E-state index >= 15 is 0 Å².